The minimum Gasteiger partial charge on any atom is -0.382 e. The second-order valence-electron chi connectivity index (χ2n) is 7.50. The maximum absolute atomic E-state index is 12.3. The molecule has 1 aliphatic heterocycles. The number of imidazole rings is 1. The Balaban J connectivity index is 1.40. The summed E-state index contributed by atoms with van der Waals surface area (Å²) in [4.78, 5) is 39.5. The molecule has 10 nitrogen and oxygen atoms in total. The van der Waals surface area contributed by atoms with Crippen LogP contribution in [-0.4, -0.2) is 42.4 Å². The van der Waals surface area contributed by atoms with Crippen molar-refractivity contribution < 1.29 is 9.59 Å². The molecule has 1 aliphatic rings. The van der Waals surface area contributed by atoms with Crippen molar-refractivity contribution in [3.05, 3.63) is 47.1 Å². The molecule has 0 spiro atoms. The lowest BCUT2D eigenvalue weighted by Crippen LogP contribution is -2.41. The zero-order chi connectivity index (χ0) is 21.5. The Morgan fingerprint density at radius 2 is 2.16 bits per heavy atom. The van der Waals surface area contributed by atoms with Gasteiger partial charge in [-0.25, -0.2) is 15.0 Å². The summed E-state index contributed by atoms with van der Waals surface area (Å²) in [6.07, 6.45) is 3.98. The third-order valence-corrected chi connectivity index (χ3v) is 5.58. The predicted molar refractivity (Wildman–Crippen MR) is 115 cm³/mol. The first-order chi connectivity index (χ1) is 15.0. The maximum Gasteiger partial charge on any atom is 0.242 e. The maximum atomic E-state index is 12.3. The zero-order valence-electron chi connectivity index (χ0n) is 16.4. The largest absolute Gasteiger partial charge is 0.382 e. The third kappa shape index (κ3) is 3.66. The molecule has 0 aliphatic carbocycles. The second kappa shape index (κ2) is 7.55. The molecule has 4 heterocycles. The van der Waals surface area contributed by atoms with Gasteiger partial charge in [0, 0.05) is 22.5 Å². The fraction of sp³-hybridized carbons (Fsp3) is 0.250. The number of hydrogen-bond donors (Lipinski definition) is 4. The quantitative estimate of drug-likeness (QED) is 0.371. The smallest absolute Gasteiger partial charge is 0.242 e. The first kappa shape index (κ1) is 19.3. The molecule has 4 aromatic rings. The van der Waals surface area contributed by atoms with E-state index in [-0.39, 0.29) is 11.8 Å². The van der Waals surface area contributed by atoms with Crippen molar-refractivity contribution in [3.8, 4) is 0 Å². The summed E-state index contributed by atoms with van der Waals surface area (Å²) < 4.78 is 1.88. The van der Waals surface area contributed by atoms with Crippen molar-refractivity contribution in [1.82, 2.24) is 35.1 Å². The summed E-state index contributed by atoms with van der Waals surface area (Å²) in [5.41, 5.74) is 9.75. The number of benzene rings is 1. The molecule has 0 bridgehead atoms. The fourth-order valence-corrected chi connectivity index (χ4v) is 4.12. The summed E-state index contributed by atoms with van der Waals surface area (Å²) >= 11 is 6.35. The fourth-order valence-electron chi connectivity index (χ4n) is 3.87. The minimum atomic E-state index is -0.467. The van der Waals surface area contributed by atoms with E-state index in [9.17, 15) is 9.59 Å². The van der Waals surface area contributed by atoms with E-state index in [0.29, 0.717) is 47.9 Å². The van der Waals surface area contributed by atoms with E-state index in [1.165, 1.54) is 6.33 Å². The Morgan fingerprint density at radius 3 is 2.97 bits per heavy atom. The van der Waals surface area contributed by atoms with E-state index in [2.05, 4.69) is 30.6 Å². The van der Waals surface area contributed by atoms with Gasteiger partial charge >= 0.3 is 0 Å². The number of carbonyl (C=O) groups is 2. The second-order valence-corrected chi connectivity index (χ2v) is 7.94. The van der Waals surface area contributed by atoms with E-state index in [1.807, 2.05) is 22.8 Å². The molecule has 0 saturated carbocycles. The molecular formula is C20H19ClN8O2. The Kier molecular flexibility index (Phi) is 4.70. The standard InChI is InChI=1S/C20H19ClN8O2/c21-12-3-10-5-13(6-23-20(31)14-1-2-15(30)28-14)27-16(10)11(4-12)7-29-9-26-17-18(22)24-8-25-19(17)29/h3-5,8-9,14,27H,1-2,6-7H2,(H,23,31)(H,28,30)(H2,22,24,25)/t14-/m1/s1. The normalized spacial score (nSPS) is 16.2. The Bertz CT molecular complexity index is 1330. The van der Waals surface area contributed by atoms with E-state index < -0.39 is 6.04 Å². The molecule has 0 radical (unpaired) electrons. The van der Waals surface area contributed by atoms with Gasteiger partial charge in [-0.3, -0.25) is 9.59 Å². The van der Waals surface area contributed by atoms with Gasteiger partial charge in [-0.05, 0) is 30.2 Å². The number of halogens is 1. The van der Waals surface area contributed by atoms with Crippen molar-refractivity contribution in [3.63, 3.8) is 0 Å². The highest BCUT2D eigenvalue weighted by Gasteiger charge is 2.26. The average Bonchev–Trinajstić information content (AvgIpc) is 3.45. The van der Waals surface area contributed by atoms with Crippen molar-refractivity contribution in [2.75, 3.05) is 5.73 Å². The molecule has 5 N–H and O–H groups in total. The van der Waals surface area contributed by atoms with E-state index >= 15 is 0 Å². The number of nitrogen functional groups attached to an aromatic ring is 1. The van der Waals surface area contributed by atoms with Crippen LogP contribution in [0.2, 0.25) is 5.02 Å². The molecular weight excluding hydrogens is 420 g/mol. The Hall–Kier alpha value is -3.66. The number of aromatic nitrogens is 5. The molecule has 3 aromatic heterocycles. The van der Waals surface area contributed by atoms with Crippen molar-refractivity contribution in [2.24, 2.45) is 0 Å². The molecule has 158 valence electrons. The molecule has 0 unspecified atom stereocenters. The van der Waals surface area contributed by atoms with Crippen LogP contribution in [0.4, 0.5) is 5.82 Å². The molecule has 1 aromatic carbocycles. The number of aromatic amines is 1. The summed E-state index contributed by atoms with van der Waals surface area (Å²) in [6.45, 7) is 0.791. The number of nitrogens with zero attached hydrogens (tertiary/aromatic N) is 4. The number of rotatable bonds is 5. The SMILES string of the molecule is Nc1ncnc2c1ncn2Cc1cc(Cl)cc2cc(CNC(=O)[C@H]3CCC(=O)N3)[nH]c12. The Labute approximate surface area is 181 Å². The number of fused-ring (bicyclic) bond motifs is 2. The van der Waals surface area contributed by atoms with Crippen LogP contribution in [0, 0.1) is 0 Å². The zero-order valence-corrected chi connectivity index (χ0v) is 17.1. The van der Waals surface area contributed by atoms with Gasteiger partial charge in [0.25, 0.3) is 0 Å². The van der Waals surface area contributed by atoms with E-state index in [4.69, 9.17) is 17.3 Å². The Morgan fingerprint density at radius 1 is 1.29 bits per heavy atom. The molecule has 5 rings (SSSR count). The van der Waals surface area contributed by atoms with Crippen molar-refractivity contribution >= 4 is 51.3 Å². The van der Waals surface area contributed by atoms with E-state index in [0.717, 1.165) is 22.2 Å². The van der Waals surface area contributed by atoms with Crippen LogP contribution in [0.5, 0.6) is 0 Å². The molecule has 11 heteroatoms. The number of nitrogens with two attached hydrogens (primary N) is 1. The number of hydrogen-bond acceptors (Lipinski definition) is 6. The highest BCUT2D eigenvalue weighted by atomic mass is 35.5. The van der Waals surface area contributed by atoms with Crippen molar-refractivity contribution in [1.29, 1.82) is 0 Å². The first-order valence-corrected chi connectivity index (χ1v) is 10.1. The number of H-pyrrole nitrogens is 1. The van der Waals surface area contributed by atoms with Gasteiger partial charge in [0.15, 0.2) is 11.5 Å². The van der Waals surface area contributed by atoms with Crippen LogP contribution in [0.3, 0.4) is 0 Å². The lowest BCUT2D eigenvalue weighted by Gasteiger charge is -2.10. The lowest BCUT2D eigenvalue weighted by molar-refractivity contribution is -0.125. The topological polar surface area (TPSA) is 144 Å². The number of carbonyl (C=O) groups excluding carboxylic acids is 2. The number of nitrogens with one attached hydrogen (secondary N) is 3. The van der Waals surface area contributed by atoms with Gasteiger partial charge < -0.3 is 25.9 Å². The van der Waals surface area contributed by atoms with Gasteiger partial charge in [0.2, 0.25) is 11.8 Å². The highest BCUT2D eigenvalue weighted by molar-refractivity contribution is 6.31. The van der Waals surface area contributed by atoms with Gasteiger partial charge in [-0.15, -0.1) is 0 Å². The van der Waals surface area contributed by atoms with Crippen LogP contribution in [0.25, 0.3) is 22.1 Å². The van der Waals surface area contributed by atoms with E-state index in [1.54, 1.807) is 6.33 Å². The number of amides is 2. The summed E-state index contributed by atoms with van der Waals surface area (Å²) in [6, 6.07) is 5.23. The summed E-state index contributed by atoms with van der Waals surface area (Å²) in [5, 5.41) is 7.07. The predicted octanol–water partition coefficient (Wildman–Crippen LogP) is 1.49. The number of anilines is 1. The van der Waals surface area contributed by atoms with Crippen LogP contribution in [0.1, 0.15) is 24.1 Å². The van der Waals surface area contributed by atoms with Crippen LogP contribution >= 0.6 is 11.6 Å². The van der Waals surface area contributed by atoms with Crippen LogP contribution < -0.4 is 16.4 Å². The molecule has 1 fully saturated rings. The summed E-state index contributed by atoms with van der Waals surface area (Å²) in [5.74, 6) is 0.0466. The first-order valence-electron chi connectivity index (χ1n) is 9.76. The molecule has 31 heavy (non-hydrogen) atoms. The average molecular weight is 439 g/mol. The lowest BCUT2D eigenvalue weighted by atomic mass is 10.1. The van der Waals surface area contributed by atoms with Gasteiger partial charge in [-0.2, -0.15) is 0 Å². The van der Waals surface area contributed by atoms with Crippen LogP contribution in [0.15, 0.2) is 30.9 Å². The molecule has 1 saturated heterocycles. The molecule has 2 amide bonds. The highest BCUT2D eigenvalue weighted by Crippen LogP contribution is 2.26. The van der Waals surface area contributed by atoms with Gasteiger partial charge in [0.05, 0.1) is 24.9 Å². The summed E-state index contributed by atoms with van der Waals surface area (Å²) in [7, 11) is 0. The van der Waals surface area contributed by atoms with Crippen LogP contribution in [-0.2, 0) is 22.7 Å². The van der Waals surface area contributed by atoms with Gasteiger partial charge in [0.1, 0.15) is 17.9 Å². The van der Waals surface area contributed by atoms with Gasteiger partial charge in [-0.1, -0.05) is 11.6 Å². The monoisotopic (exact) mass is 438 g/mol. The minimum absolute atomic E-state index is 0.0934. The van der Waals surface area contributed by atoms with Crippen molar-refractivity contribution in [2.45, 2.75) is 32.0 Å². The molecule has 1 atom stereocenters. The third-order valence-electron chi connectivity index (χ3n) is 5.37.